The number of rotatable bonds is 10. The van der Waals surface area contributed by atoms with E-state index in [0.717, 1.165) is 68.0 Å². The van der Waals surface area contributed by atoms with Crippen LogP contribution in [0.15, 0.2) is 93.7 Å². The number of para-hydroxylation sites is 1. The van der Waals surface area contributed by atoms with Crippen LogP contribution in [0.5, 0.6) is 0 Å². The van der Waals surface area contributed by atoms with Crippen molar-refractivity contribution in [2.45, 2.75) is 44.7 Å². The van der Waals surface area contributed by atoms with Gasteiger partial charge in [-0.3, -0.25) is 19.1 Å². The number of hydrogen-bond donors (Lipinski definition) is 2. The zero-order chi connectivity index (χ0) is 33.8. The minimum atomic E-state index is -3.54. The molecule has 2 aliphatic heterocycles. The molecule has 2 saturated heterocycles. The monoisotopic (exact) mass is 688 g/mol. The molecule has 2 N–H and O–H groups in total. The molecule has 0 unspecified atom stereocenters. The van der Waals surface area contributed by atoms with Gasteiger partial charge in [-0.25, -0.2) is 8.42 Å². The Kier molecular flexibility index (Phi) is 9.88. The third-order valence-electron chi connectivity index (χ3n) is 8.65. The van der Waals surface area contributed by atoms with Crippen molar-refractivity contribution in [3.8, 4) is 0 Å². The van der Waals surface area contributed by atoms with Gasteiger partial charge in [0, 0.05) is 55.1 Å². The lowest BCUT2D eigenvalue weighted by Crippen LogP contribution is -2.37. The summed E-state index contributed by atoms with van der Waals surface area (Å²) in [7, 11) is -3.54. The number of hydrogen-bond acceptors (Lipinski definition) is 7. The maximum absolute atomic E-state index is 13.5. The lowest BCUT2D eigenvalue weighted by atomic mass is 9.97. The minimum absolute atomic E-state index is 0.140. The molecule has 3 heterocycles. The molecule has 1 aromatic heterocycles. The van der Waals surface area contributed by atoms with Crippen LogP contribution in [0.4, 0.5) is 11.4 Å². The lowest BCUT2D eigenvalue weighted by Gasteiger charge is -2.33. The predicted octanol–water partition coefficient (Wildman–Crippen LogP) is 5.51. The topological polar surface area (TPSA) is 129 Å². The fraction of sp³-hybridized carbons (Fsp3) is 0.306. The second-order valence-electron chi connectivity index (χ2n) is 12.3. The first-order valence-electron chi connectivity index (χ1n) is 15.9. The van der Waals surface area contributed by atoms with E-state index in [2.05, 4.69) is 33.1 Å². The third kappa shape index (κ3) is 8.26. The zero-order valence-corrected chi connectivity index (χ0v) is 28.1. The molecule has 2 fully saturated rings. The molecule has 2 aliphatic rings. The number of fused-ring (bicyclic) bond motifs is 1. The van der Waals surface area contributed by atoms with E-state index < -0.39 is 27.4 Å². The van der Waals surface area contributed by atoms with Crippen LogP contribution in [-0.2, 0) is 27.8 Å². The number of nitrogens with zero attached hydrogens (tertiary/aromatic N) is 2. The molecule has 3 aromatic carbocycles. The molecule has 48 heavy (non-hydrogen) atoms. The summed E-state index contributed by atoms with van der Waals surface area (Å²) in [5.41, 5.74) is 4.41. The number of carbonyl (C=O) groups is 2. The Hall–Kier alpha value is -4.61. The van der Waals surface area contributed by atoms with Crippen molar-refractivity contribution in [1.82, 2.24) is 10.2 Å². The van der Waals surface area contributed by atoms with Gasteiger partial charge >= 0.3 is 0 Å². The molecule has 1 atom stereocenters. The van der Waals surface area contributed by atoms with Crippen LogP contribution < -0.4 is 20.4 Å². The van der Waals surface area contributed by atoms with Crippen LogP contribution >= 0.6 is 11.6 Å². The normalized spacial score (nSPS) is 15.9. The summed E-state index contributed by atoms with van der Waals surface area (Å²) in [5.74, 6) is -0.467. The molecule has 0 radical (unpaired) electrons. The summed E-state index contributed by atoms with van der Waals surface area (Å²) in [6, 6.07) is 20.8. The number of piperidine rings is 1. The second kappa shape index (κ2) is 14.2. The average molecular weight is 689 g/mol. The Morgan fingerprint density at radius 1 is 0.979 bits per heavy atom. The van der Waals surface area contributed by atoms with Crippen molar-refractivity contribution in [3.05, 3.63) is 117 Å². The van der Waals surface area contributed by atoms with Gasteiger partial charge in [0.25, 0.3) is 5.91 Å². The smallest absolute Gasteiger partial charge is 0.287 e. The predicted molar refractivity (Wildman–Crippen MR) is 188 cm³/mol. The summed E-state index contributed by atoms with van der Waals surface area (Å²) in [4.78, 5) is 43.1. The maximum Gasteiger partial charge on any atom is 0.287 e. The molecule has 0 aliphatic carbocycles. The first kappa shape index (κ1) is 33.3. The Labute approximate surface area is 284 Å². The molecule has 4 aromatic rings. The van der Waals surface area contributed by atoms with Crippen molar-refractivity contribution in [2.75, 3.05) is 35.5 Å². The first-order valence-corrected chi connectivity index (χ1v) is 18.2. The highest BCUT2D eigenvalue weighted by Crippen LogP contribution is 2.29. The van der Waals surface area contributed by atoms with Gasteiger partial charge < -0.3 is 19.5 Å². The summed E-state index contributed by atoms with van der Waals surface area (Å²) in [5, 5.41) is 3.82. The number of halogens is 1. The van der Waals surface area contributed by atoms with E-state index in [0.29, 0.717) is 24.4 Å². The quantitative estimate of drug-likeness (QED) is 0.210. The van der Waals surface area contributed by atoms with Crippen LogP contribution in [0, 0.1) is 0 Å². The average Bonchev–Trinajstić information content (AvgIpc) is 3.46. The summed E-state index contributed by atoms with van der Waals surface area (Å²) in [6.07, 6.45) is 6.75. The number of sulfonamides is 1. The van der Waals surface area contributed by atoms with E-state index in [-0.39, 0.29) is 28.3 Å². The van der Waals surface area contributed by atoms with Gasteiger partial charge in [0.05, 0.1) is 17.7 Å². The van der Waals surface area contributed by atoms with E-state index in [1.54, 1.807) is 0 Å². The molecule has 0 bridgehead atoms. The molecular formula is C36H37ClN4O6S. The SMILES string of the molecule is CS(=O)(=O)Nc1ccc2oc(C(=O)N[C@H](C=C3CCN(c4ccccc4CN4CCCC4=O)CC3)Cc3ccc(Cl)cc3)cc(=O)c2c1. The highest BCUT2D eigenvalue weighted by Gasteiger charge is 2.24. The van der Waals surface area contributed by atoms with Gasteiger partial charge in [-0.05, 0) is 73.2 Å². The van der Waals surface area contributed by atoms with E-state index in [1.807, 2.05) is 41.3 Å². The number of nitrogens with one attached hydrogen (secondary N) is 2. The first-order chi connectivity index (χ1) is 23.0. The number of likely N-dealkylation sites (tertiary alicyclic amines) is 1. The van der Waals surface area contributed by atoms with Gasteiger partial charge in [-0.15, -0.1) is 0 Å². The molecule has 250 valence electrons. The highest BCUT2D eigenvalue weighted by atomic mass is 35.5. The maximum atomic E-state index is 13.5. The van der Waals surface area contributed by atoms with Crippen LogP contribution in [-0.4, -0.2) is 57.1 Å². The fourth-order valence-corrected chi connectivity index (χ4v) is 7.01. The standard InChI is InChI=1S/C36H37ClN4O6S/c1-48(45,46)39-28-12-13-33-30(21-28)32(42)22-34(47-33)36(44)38-29(19-24-8-10-27(37)11-9-24)20-25-14-17-40(18-15-25)31-6-3-2-5-26(31)23-41-16-4-7-35(41)43/h2-3,5-6,8-13,20-22,29,39H,4,7,14-19,23H2,1H3,(H,38,44)/t29-/m0/s1. The van der Waals surface area contributed by atoms with Gasteiger partial charge in [0.1, 0.15) is 5.58 Å². The van der Waals surface area contributed by atoms with Crippen LogP contribution in [0.25, 0.3) is 11.0 Å². The summed E-state index contributed by atoms with van der Waals surface area (Å²) in [6.45, 7) is 3.02. The Morgan fingerprint density at radius 2 is 1.73 bits per heavy atom. The third-order valence-corrected chi connectivity index (χ3v) is 9.51. The lowest BCUT2D eigenvalue weighted by molar-refractivity contribution is -0.128. The van der Waals surface area contributed by atoms with E-state index in [4.69, 9.17) is 16.0 Å². The number of benzene rings is 3. The van der Waals surface area contributed by atoms with E-state index >= 15 is 0 Å². The van der Waals surface area contributed by atoms with Gasteiger partial charge in [0.15, 0.2) is 11.2 Å². The largest absolute Gasteiger partial charge is 0.451 e. The van der Waals surface area contributed by atoms with Crippen LogP contribution in [0.2, 0.25) is 5.02 Å². The second-order valence-corrected chi connectivity index (χ2v) is 14.5. The summed E-state index contributed by atoms with van der Waals surface area (Å²) >= 11 is 6.12. The highest BCUT2D eigenvalue weighted by molar-refractivity contribution is 7.92. The minimum Gasteiger partial charge on any atom is -0.451 e. The Morgan fingerprint density at radius 3 is 2.44 bits per heavy atom. The Bertz CT molecular complexity index is 2030. The van der Waals surface area contributed by atoms with Crippen molar-refractivity contribution in [3.63, 3.8) is 0 Å². The molecule has 2 amide bonds. The van der Waals surface area contributed by atoms with Gasteiger partial charge in [-0.1, -0.05) is 53.6 Å². The van der Waals surface area contributed by atoms with Crippen molar-refractivity contribution >= 4 is 55.8 Å². The molecule has 0 saturated carbocycles. The van der Waals surface area contributed by atoms with Crippen LogP contribution in [0.3, 0.4) is 0 Å². The Balaban J connectivity index is 1.19. The molecule has 0 spiro atoms. The molecular weight excluding hydrogens is 652 g/mol. The van der Waals surface area contributed by atoms with Crippen molar-refractivity contribution < 1.29 is 22.4 Å². The van der Waals surface area contributed by atoms with Gasteiger partial charge in [0.2, 0.25) is 15.9 Å². The van der Waals surface area contributed by atoms with Gasteiger partial charge in [-0.2, -0.15) is 0 Å². The number of amides is 2. The molecule has 10 nitrogen and oxygen atoms in total. The van der Waals surface area contributed by atoms with Crippen molar-refractivity contribution in [2.24, 2.45) is 0 Å². The number of anilines is 2. The summed E-state index contributed by atoms with van der Waals surface area (Å²) < 4.78 is 31.4. The van der Waals surface area contributed by atoms with Crippen molar-refractivity contribution in [1.29, 1.82) is 0 Å². The zero-order valence-electron chi connectivity index (χ0n) is 26.6. The van der Waals surface area contributed by atoms with Crippen LogP contribution in [0.1, 0.15) is 47.4 Å². The van der Waals surface area contributed by atoms with E-state index in [1.165, 1.54) is 23.8 Å². The number of carbonyl (C=O) groups excluding carboxylic acids is 2. The van der Waals surface area contributed by atoms with E-state index in [9.17, 15) is 22.8 Å². The molecule has 12 heteroatoms. The fourth-order valence-electron chi connectivity index (χ4n) is 6.33. The molecule has 6 rings (SSSR count).